The summed E-state index contributed by atoms with van der Waals surface area (Å²) in [5, 5.41) is 10.9. The number of aliphatic hydroxyl groups is 1. The molecule has 3 nitrogen and oxygen atoms in total. The Kier molecular flexibility index (Phi) is 5.01. The molecule has 0 bridgehead atoms. The van der Waals surface area contributed by atoms with Crippen LogP contribution in [-0.2, 0) is 12.1 Å². The second kappa shape index (κ2) is 7.59. The molecule has 2 aromatic carbocycles. The SMILES string of the molecule is OC1(c2ccc(F)cc2)CCN(Cc2cccc(-c3ccccc3)n2)CC1. The van der Waals surface area contributed by atoms with Gasteiger partial charge in [-0.05, 0) is 42.7 Å². The lowest BCUT2D eigenvalue weighted by molar-refractivity contribution is -0.0280. The first-order valence-electron chi connectivity index (χ1n) is 9.35. The van der Waals surface area contributed by atoms with Gasteiger partial charge in [-0.25, -0.2) is 4.39 Å². The van der Waals surface area contributed by atoms with Crippen molar-refractivity contribution >= 4 is 0 Å². The molecule has 27 heavy (non-hydrogen) atoms. The van der Waals surface area contributed by atoms with Gasteiger partial charge in [-0.15, -0.1) is 0 Å². The lowest BCUT2D eigenvalue weighted by atomic mass is 9.84. The summed E-state index contributed by atoms with van der Waals surface area (Å²) < 4.78 is 13.1. The maximum absolute atomic E-state index is 13.1. The number of hydrogen-bond acceptors (Lipinski definition) is 3. The second-order valence-corrected chi connectivity index (χ2v) is 7.19. The third-order valence-electron chi connectivity index (χ3n) is 5.33. The molecular formula is C23H23FN2O. The minimum absolute atomic E-state index is 0.274. The van der Waals surface area contributed by atoms with Crippen LogP contribution in [0.1, 0.15) is 24.1 Å². The molecule has 3 aromatic rings. The van der Waals surface area contributed by atoms with Gasteiger partial charge in [0.05, 0.1) is 17.0 Å². The summed E-state index contributed by atoms with van der Waals surface area (Å²) >= 11 is 0. The number of nitrogens with zero attached hydrogens (tertiary/aromatic N) is 2. The molecule has 0 radical (unpaired) electrons. The van der Waals surface area contributed by atoms with Crippen LogP contribution in [0, 0.1) is 5.82 Å². The van der Waals surface area contributed by atoms with E-state index in [0.717, 1.165) is 42.1 Å². The minimum atomic E-state index is -0.872. The fourth-order valence-electron chi connectivity index (χ4n) is 3.70. The predicted molar refractivity (Wildman–Crippen MR) is 104 cm³/mol. The summed E-state index contributed by atoms with van der Waals surface area (Å²) in [6.45, 7) is 2.33. The van der Waals surface area contributed by atoms with E-state index in [4.69, 9.17) is 4.98 Å². The largest absolute Gasteiger partial charge is 0.385 e. The maximum Gasteiger partial charge on any atom is 0.123 e. The van der Waals surface area contributed by atoms with Crippen molar-refractivity contribution in [2.45, 2.75) is 25.0 Å². The summed E-state index contributed by atoms with van der Waals surface area (Å²) in [6, 6.07) is 22.5. The van der Waals surface area contributed by atoms with Crippen LogP contribution in [0.15, 0.2) is 72.8 Å². The van der Waals surface area contributed by atoms with Crippen LogP contribution in [0.4, 0.5) is 4.39 Å². The molecule has 0 atom stereocenters. The molecule has 1 aliphatic rings. The third-order valence-corrected chi connectivity index (χ3v) is 5.33. The molecule has 1 saturated heterocycles. The molecule has 0 unspecified atom stereocenters. The predicted octanol–water partition coefficient (Wildman–Crippen LogP) is 4.37. The topological polar surface area (TPSA) is 36.4 Å². The Morgan fingerprint density at radius 3 is 2.30 bits per heavy atom. The first kappa shape index (κ1) is 17.8. The van der Waals surface area contributed by atoms with Crippen molar-refractivity contribution in [3.8, 4) is 11.3 Å². The molecule has 138 valence electrons. The van der Waals surface area contributed by atoms with Crippen molar-refractivity contribution in [2.24, 2.45) is 0 Å². The van der Waals surface area contributed by atoms with Gasteiger partial charge in [-0.3, -0.25) is 9.88 Å². The molecular weight excluding hydrogens is 339 g/mol. The van der Waals surface area contributed by atoms with E-state index in [9.17, 15) is 9.50 Å². The van der Waals surface area contributed by atoms with Gasteiger partial charge in [-0.1, -0.05) is 48.5 Å². The second-order valence-electron chi connectivity index (χ2n) is 7.19. The normalized spacial score (nSPS) is 17.0. The summed E-state index contributed by atoms with van der Waals surface area (Å²) in [5.41, 5.74) is 3.05. The molecule has 2 heterocycles. The van der Waals surface area contributed by atoms with E-state index in [1.807, 2.05) is 36.4 Å². The van der Waals surface area contributed by atoms with E-state index in [1.165, 1.54) is 12.1 Å². The smallest absolute Gasteiger partial charge is 0.123 e. The summed E-state index contributed by atoms with van der Waals surface area (Å²) in [5.74, 6) is -0.274. The highest BCUT2D eigenvalue weighted by atomic mass is 19.1. The van der Waals surface area contributed by atoms with Gasteiger partial charge in [0.15, 0.2) is 0 Å². The van der Waals surface area contributed by atoms with Crippen molar-refractivity contribution in [2.75, 3.05) is 13.1 Å². The van der Waals surface area contributed by atoms with E-state index in [0.29, 0.717) is 12.8 Å². The lowest BCUT2D eigenvalue weighted by Crippen LogP contribution is -2.42. The van der Waals surface area contributed by atoms with Crippen LogP contribution in [-0.4, -0.2) is 28.1 Å². The van der Waals surface area contributed by atoms with E-state index in [2.05, 4.69) is 17.0 Å². The number of benzene rings is 2. The van der Waals surface area contributed by atoms with Gasteiger partial charge in [0, 0.05) is 25.2 Å². The zero-order valence-electron chi connectivity index (χ0n) is 15.2. The molecule has 4 heteroatoms. The van der Waals surface area contributed by atoms with E-state index >= 15 is 0 Å². The molecule has 1 fully saturated rings. The molecule has 1 aliphatic heterocycles. The number of rotatable bonds is 4. The fourth-order valence-corrected chi connectivity index (χ4v) is 3.70. The summed E-state index contributed by atoms with van der Waals surface area (Å²) in [4.78, 5) is 7.11. The van der Waals surface area contributed by atoms with Crippen LogP contribution < -0.4 is 0 Å². The molecule has 0 saturated carbocycles. The number of hydrogen-bond donors (Lipinski definition) is 1. The Morgan fingerprint density at radius 2 is 1.59 bits per heavy atom. The van der Waals surface area contributed by atoms with E-state index in [-0.39, 0.29) is 5.82 Å². The fraction of sp³-hybridized carbons (Fsp3) is 0.261. The van der Waals surface area contributed by atoms with Crippen LogP contribution in [0.3, 0.4) is 0 Å². The molecule has 0 amide bonds. The average molecular weight is 362 g/mol. The summed E-state index contributed by atoms with van der Waals surface area (Å²) in [6.07, 6.45) is 1.27. The number of likely N-dealkylation sites (tertiary alicyclic amines) is 1. The van der Waals surface area contributed by atoms with Crippen molar-refractivity contribution in [1.82, 2.24) is 9.88 Å². The van der Waals surface area contributed by atoms with Crippen LogP contribution in [0.25, 0.3) is 11.3 Å². The van der Waals surface area contributed by atoms with E-state index in [1.54, 1.807) is 12.1 Å². The van der Waals surface area contributed by atoms with Crippen LogP contribution in [0.2, 0.25) is 0 Å². The van der Waals surface area contributed by atoms with Gasteiger partial charge < -0.3 is 5.11 Å². The number of piperidine rings is 1. The zero-order chi connectivity index (χ0) is 18.7. The highest BCUT2D eigenvalue weighted by Gasteiger charge is 2.33. The molecule has 4 rings (SSSR count). The lowest BCUT2D eigenvalue weighted by Gasteiger charge is -2.38. The van der Waals surface area contributed by atoms with Crippen molar-refractivity contribution < 1.29 is 9.50 Å². The first-order chi connectivity index (χ1) is 13.1. The van der Waals surface area contributed by atoms with Crippen molar-refractivity contribution in [3.05, 3.63) is 89.9 Å². The van der Waals surface area contributed by atoms with Crippen molar-refractivity contribution in [3.63, 3.8) is 0 Å². The number of pyridine rings is 1. The molecule has 1 N–H and O–H groups in total. The van der Waals surface area contributed by atoms with Gasteiger partial charge in [0.2, 0.25) is 0 Å². The maximum atomic E-state index is 13.1. The average Bonchev–Trinajstić information content (AvgIpc) is 2.71. The molecule has 0 aliphatic carbocycles. The van der Waals surface area contributed by atoms with Crippen molar-refractivity contribution in [1.29, 1.82) is 0 Å². The molecule has 0 spiro atoms. The van der Waals surface area contributed by atoms with Gasteiger partial charge in [0.1, 0.15) is 5.82 Å². The molecule has 1 aromatic heterocycles. The Morgan fingerprint density at radius 1 is 0.889 bits per heavy atom. The highest BCUT2D eigenvalue weighted by molar-refractivity contribution is 5.58. The number of halogens is 1. The number of aromatic nitrogens is 1. The monoisotopic (exact) mass is 362 g/mol. The minimum Gasteiger partial charge on any atom is -0.385 e. The Bertz CT molecular complexity index is 888. The van der Waals surface area contributed by atoms with E-state index < -0.39 is 5.60 Å². The van der Waals surface area contributed by atoms with Crippen LogP contribution >= 0.6 is 0 Å². The summed E-state index contributed by atoms with van der Waals surface area (Å²) in [7, 11) is 0. The van der Waals surface area contributed by atoms with Crippen LogP contribution in [0.5, 0.6) is 0 Å². The first-order valence-corrected chi connectivity index (χ1v) is 9.35. The zero-order valence-corrected chi connectivity index (χ0v) is 15.2. The Hall–Kier alpha value is -2.56. The standard InChI is InChI=1S/C23H23FN2O/c24-20-11-9-19(10-12-20)23(27)13-15-26(16-14-23)17-21-7-4-8-22(25-21)18-5-2-1-3-6-18/h1-12,27H,13-17H2. The van der Waals surface area contributed by atoms with Gasteiger partial charge in [0.25, 0.3) is 0 Å². The Balaban J connectivity index is 1.42. The Labute approximate surface area is 159 Å². The van der Waals surface area contributed by atoms with Gasteiger partial charge in [-0.2, -0.15) is 0 Å². The van der Waals surface area contributed by atoms with Gasteiger partial charge >= 0.3 is 0 Å². The quantitative estimate of drug-likeness (QED) is 0.749. The third kappa shape index (κ3) is 4.07. The highest BCUT2D eigenvalue weighted by Crippen LogP contribution is 2.33.